The van der Waals surface area contributed by atoms with Crippen LogP contribution in [0, 0.1) is 6.92 Å². The molecule has 0 atom stereocenters. The third-order valence-corrected chi connectivity index (χ3v) is 2.58. The van der Waals surface area contributed by atoms with Crippen LogP contribution < -0.4 is 10.8 Å². The lowest BCUT2D eigenvalue weighted by Gasteiger charge is -2.07. The fourth-order valence-corrected chi connectivity index (χ4v) is 1.71. The highest BCUT2D eigenvalue weighted by Gasteiger charge is 1.97. The molecule has 0 saturated heterocycles. The van der Waals surface area contributed by atoms with Gasteiger partial charge in [0, 0.05) is 18.8 Å². The number of hydrogen-bond acceptors (Lipinski definition) is 2. The van der Waals surface area contributed by atoms with Gasteiger partial charge in [0.1, 0.15) is 0 Å². The average Bonchev–Trinajstić information content (AvgIpc) is 2.40. The lowest BCUT2D eigenvalue weighted by molar-refractivity contribution is 0.359. The number of benzene rings is 2. The van der Waals surface area contributed by atoms with Gasteiger partial charge in [-0.05, 0) is 19.1 Å². The molecule has 91 valence electrons. The number of aryl methyl sites for hydroxylation is 1. The maximum Gasteiger partial charge on any atom is 0.330 e. The monoisotopic (exact) mass is 238 g/mol. The van der Waals surface area contributed by atoms with Gasteiger partial charge in [0.15, 0.2) is 0 Å². The summed E-state index contributed by atoms with van der Waals surface area (Å²) in [5.74, 6) is 0. The van der Waals surface area contributed by atoms with Crippen LogP contribution in [0.4, 0.5) is 5.69 Å². The van der Waals surface area contributed by atoms with Crippen LogP contribution in [-0.4, -0.2) is 20.6 Å². The molecule has 2 aromatic carbocycles. The summed E-state index contributed by atoms with van der Waals surface area (Å²) in [6, 6.07) is 18.4. The summed E-state index contributed by atoms with van der Waals surface area (Å²) in [4.78, 5) is 0. The molecule has 0 fully saturated rings. The molecular formula is C15H17BNO. The van der Waals surface area contributed by atoms with E-state index in [-0.39, 0.29) is 0 Å². The van der Waals surface area contributed by atoms with Crippen LogP contribution in [0.1, 0.15) is 5.56 Å². The van der Waals surface area contributed by atoms with Crippen LogP contribution in [0.25, 0.3) is 0 Å². The first-order valence-corrected chi connectivity index (χ1v) is 6.15. The van der Waals surface area contributed by atoms with E-state index in [1.54, 1.807) is 7.48 Å². The van der Waals surface area contributed by atoms with E-state index >= 15 is 0 Å². The van der Waals surface area contributed by atoms with Gasteiger partial charge in [0.05, 0.1) is 0 Å². The third kappa shape index (κ3) is 4.26. The second kappa shape index (κ2) is 6.87. The Morgan fingerprint density at radius 1 is 1.06 bits per heavy atom. The van der Waals surface area contributed by atoms with E-state index in [1.165, 1.54) is 5.56 Å². The highest BCUT2D eigenvalue weighted by atomic mass is 16.4. The first kappa shape index (κ1) is 12.7. The molecule has 0 spiro atoms. The minimum absolute atomic E-state index is 0.656. The normalized spacial score (nSPS) is 10.1. The second-order valence-corrected chi connectivity index (χ2v) is 4.20. The lowest BCUT2D eigenvalue weighted by Crippen LogP contribution is -2.20. The molecular weight excluding hydrogens is 221 g/mol. The minimum atomic E-state index is 0.656. The smallest absolute Gasteiger partial charge is 0.330 e. The van der Waals surface area contributed by atoms with Crippen molar-refractivity contribution in [3.05, 3.63) is 60.2 Å². The van der Waals surface area contributed by atoms with E-state index in [9.17, 15) is 0 Å². The van der Waals surface area contributed by atoms with Crippen LogP contribution in [0.2, 0.25) is 0 Å². The van der Waals surface area contributed by atoms with Crippen molar-refractivity contribution in [2.75, 3.05) is 18.5 Å². The van der Waals surface area contributed by atoms with Gasteiger partial charge in [-0.1, -0.05) is 53.5 Å². The van der Waals surface area contributed by atoms with Crippen molar-refractivity contribution >= 4 is 18.6 Å². The maximum atomic E-state index is 5.51. The summed E-state index contributed by atoms with van der Waals surface area (Å²) >= 11 is 0. The molecule has 2 nitrogen and oxygen atoms in total. The molecule has 0 saturated carbocycles. The molecule has 18 heavy (non-hydrogen) atoms. The summed E-state index contributed by atoms with van der Waals surface area (Å²) in [5.41, 5.74) is 3.47. The summed E-state index contributed by atoms with van der Waals surface area (Å²) in [7, 11) is 1.81. The quantitative estimate of drug-likeness (QED) is 0.616. The van der Waals surface area contributed by atoms with E-state index in [2.05, 4.69) is 24.4 Å². The Hall–Kier alpha value is -1.74. The number of hydrogen-bond donors (Lipinski definition) is 1. The number of rotatable bonds is 6. The maximum absolute atomic E-state index is 5.51. The van der Waals surface area contributed by atoms with Crippen molar-refractivity contribution in [3.8, 4) is 0 Å². The summed E-state index contributed by atoms with van der Waals surface area (Å²) in [6.07, 6.45) is 0. The molecule has 0 unspecified atom stereocenters. The van der Waals surface area contributed by atoms with Crippen molar-refractivity contribution in [2.24, 2.45) is 0 Å². The molecule has 1 radical (unpaired) electrons. The van der Waals surface area contributed by atoms with Gasteiger partial charge in [-0.25, -0.2) is 0 Å². The van der Waals surface area contributed by atoms with Gasteiger partial charge in [0.25, 0.3) is 0 Å². The van der Waals surface area contributed by atoms with Gasteiger partial charge in [-0.3, -0.25) is 0 Å². The highest BCUT2D eigenvalue weighted by molar-refractivity contribution is 6.46. The molecule has 0 aliphatic carbocycles. The Bertz CT molecular complexity index is 473. The van der Waals surface area contributed by atoms with Gasteiger partial charge in [-0.15, -0.1) is 0 Å². The van der Waals surface area contributed by atoms with Crippen molar-refractivity contribution < 1.29 is 4.65 Å². The predicted octanol–water partition coefficient (Wildman–Crippen LogP) is 2.37. The first-order valence-electron chi connectivity index (χ1n) is 6.15. The summed E-state index contributed by atoms with van der Waals surface area (Å²) in [5, 5.41) is 3.30. The molecule has 0 heterocycles. The number of anilines is 1. The van der Waals surface area contributed by atoms with Gasteiger partial charge < -0.3 is 9.97 Å². The lowest BCUT2D eigenvalue weighted by atomic mass is 9.87. The molecule has 0 aromatic heterocycles. The molecule has 0 bridgehead atoms. The van der Waals surface area contributed by atoms with Crippen LogP contribution in [0.5, 0.6) is 0 Å². The van der Waals surface area contributed by atoms with Crippen molar-refractivity contribution in [1.29, 1.82) is 0 Å². The zero-order valence-corrected chi connectivity index (χ0v) is 10.6. The molecule has 3 heteroatoms. The zero-order valence-electron chi connectivity index (χ0n) is 10.6. The standard InChI is InChI=1S/C15H17BNO/c1-13-6-5-7-14(12-13)16-18-11-10-17-15-8-3-2-4-9-15/h2-9,12,17H,10-11H2,1H3. The Labute approximate surface area is 109 Å². The highest BCUT2D eigenvalue weighted by Crippen LogP contribution is 2.03. The van der Waals surface area contributed by atoms with Crippen LogP contribution >= 0.6 is 0 Å². The second-order valence-electron chi connectivity index (χ2n) is 4.20. The molecule has 0 aliphatic heterocycles. The largest absolute Gasteiger partial charge is 0.432 e. The van der Waals surface area contributed by atoms with Gasteiger partial charge in [-0.2, -0.15) is 0 Å². The fraction of sp³-hybridized carbons (Fsp3) is 0.200. The molecule has 2 rings (SSSR count). The molecule has 0 aliphatic rings. The predicted molar refractivity (Wildman–Crippen MR) is 77.5 cm³/mol. The minimum Gasteiger partial charge on any atom is -0.432 e. The van der Waals surface area contributed by atoms with Crippen molar-refractivity contribution in [2.45, 2.75) is 6.92 Å². The SMILES string of the molecule is Cc1cccc([B]OCCNc2ccccc2)c1. The Balaban J connectivity index is 1.65. The topological polar surface area (TPSA) is 21.3 Å². The van der Waals surface area contributed by atoms with E-state index in [1.807, 2.05) is 42.5 Å². The van der Waals surface area contributed by atoms with Gasteiger partial charge in [0.2, 0.25) is 0 Å². The molecule has 0 amide bonds. The summed E-state index contributed by atoms with van der Waals surface area (Å²) in [6.45, 7) is 3.53. The first-order chi connectivity index (χ1) is 8.84. The number of nitrogens with one attached hydrogen (secondary N) is 1. The van der Waals surface area contributed by atoms with Crippen LogP contribution in [0.15, 0.2) is 54.6 Å². The van der Waals surface area contributed by atoms with E-state index in [4.69, 9.17) is 4.65 Å². The molecule has 2 aromatic rings. The Morgan fingerprint density at radius 2 is 1.89 bits per heavy atom. The van der Waals surface area contributed by atoms with Crippen molar-refractivity contribution in [1.82, 2.24) is 0 Å². The average molecular weight is 238 g/mol. The number of para-hydroxylation sites is 1. The Kier molecular flexibility index (Phi) is 4.85. The Morgan fingerprint density at radius 3 is 2.67 bits per heavy atom. The van der Waals surface area contributed by atoms with E-state index in [0.717, 1.165) is 17.7 Å². The van der Waals surface area contributed by atoms with Crippen LogP contribution in [0.3, 0.4) is 0 Å². The van der Waals surface area contributed by atoms with Gasteiger partial charge >= 0.3 is 7.48 Å². The van der Waals surface area contributed by atoms with Crippen LogP contribution in [-0.2, 0) is 4.65 Å². The fourth-order valence-electron chi connectivity index (χ4n) is 1.71. The third-order valence-electron chi connectivity index (χ3n) is 2.58. The van der Waals surface area contributed by atoms with Crippen molar-refractivity contribution in [3.63, 3.8) is 0 Å². The summed E-state index contributed by atoms with van der Waals surface area (Å²) < 4.78 is 5.51. The van der Waals surface area contributed by atoms with E-state index < -0.39 is 0 Å². The van der Waals surface area contributed by atoms with E-state index in [0.29, 0.717) is 6.61 Å². The zero-order chi connectivity index (χ0) is 12.6. The molecule has 1 N–H and O–H groups in total.